The fourth-order valence-corrected chi connectivity index (χ4v) is 3.38. The second kappa shape index (κ2) is 7.55. The fraction of sp³-hybridized carbons (Fsp3) is 0.158. The van der Waals surface area contributed by atoms with Gasteiger partial charge in [0.1, 0.15) is 0 Å². The van der Waals surface area contributed by atoms with Crippen LogP contribution in [-0.4, -0.2) is 24.9 Å². The van der Waals surface area contributed by atoms with Crippen LogP contribution in [0.1, 0.15) is 11.1 Å². The zero-order valence-corrected chi connectivity index (χ0v) is 14.7. The third kappa shape index (κ3) is 4.49. The number of rotatable bonds is 6. The predicted octanol–water partition coefficient (Wildman–Crippen LogP) is 2.97. The van der Waals surface area contributed by atoms with Crippen LogP contribution < -0.4 is 4.72 Å². The Kier molecular flexibility index (Phi) is 5.21. The Labute approximate surface area is 147 Å². The van der Waals surface area contributed by atoms with Crippen LogP contribution in [0.25, 0.3) is 11.4 Å². The summed E-state index contributed by atoms with van der Waals surface area (Å²) in [4.78, 5) is 8.96. The zero-order valence-electron chi connectivity index (χ0n) is 13.9. The Morgan fingerprint density at radius 1 is 0.920 bits per heavy atom. The number of aromatic nitrogens is 2. The van der Waals surface area contributed by atoms with Crippen molar-refractivity contribution in [1.29, 1.82) is 0 Å². The van der Waals surface area contributed by atoms with Gasteiger partial charge in [-0.25, -0.2) is 23.1 Å². The van der Waals surface area contributed by atoms with Crippen molar-refractivity contribution in [3.63, 3.8) is 0 Å². The first-order chi connectivity index (χ1) is 12.0. The highest BCUT2D eigenvalue weighted by Crippen LogP contribution is 2.13. The van der Waals surface area contributed by atoms with E-state index in [1.54, 1.807) is 36.7 Å². The molecule has 0 aliphatic rings. The maximum atomic E-state index is 12.2. The average molecular weight is 353 g/mol. The Morgan fingerprint density at radius 3 is 2.20 bits per heavy atom. The smallest absolute Gasteiger partial charge is 0.236 e. The number of nitrogens with zero attached hydrogens (tertiary/aromatic N) is 2. The van der Waals surface area contributed by atoms with Crippen LogP contribution in [0.2, 0.25) is 0 Å². The molecule has 0 fully saturated rings. The molecule has 3 rings (SSSR count). The maximum Gasteiger partial charge on any atom is 0.240 e. The van der Waals surface area contributed by atoms with E-state index in [1.807, 2.05) is 37.3 Å². The van der Waals surface area contributed by atoms with Crippen LogP contribution in [0.5, 0.6) is 0 Å². The molecule has 0 amide bonds. The van der Waals surface area contributed by atoms with Gasteiger partial charge in [-0.2, -0.15) is 0 Å². The minimum absolute atomic E-state index is 0.272. The van der Waals surface area contributed by atoms with Crippen molar-refractivity contribution in [3.05, 3.63) is 78.1 Å². The summed E-state index contributed by atoms with van der Waals surface area (Å²) >= 11 is 0. The standard InChI is InChI=1S/C19H19N3O2S/c1-15-7-9-18(10-8-15)25(23,24)22-12-11-16-13-20-19(21-14-16)17-5-3-2-4-6-17/h2-10,13-14,22H,11-12H2,1H3. The van der Waals surface area contributed by atoms with Crippen LogP contribution in [0, 0.1) is 6.92 Å². The topological polar surface area (TPSA) is 72.0 Å². The van der Waals surface area contributed by atoms with Crippen LogP contribution in [-0.2, 0) is 16.4 Å². The number of hydrogen-bond acceptors (Lipinski definition) is 4. The summed E-state index contributed by atoms with van der Waals surface area (Å²) in [6.45, 7) is 2.22. The highest BCUT2D eigenvalue weighted by molar-refractivity contribution is 7.89. The minimum Gasteiger partial charge on any atom is -0.236 e. The molecule has 128 valence electrons. The molecule has 5 nitrogen and oxygen atoms in total. The highest BCUT2D eigenvalue weighted by atomic mass is 32.2. The first-order valence-electron chi connectivity index (χ1n) is 7.97. The van der Waals surface area contributed by atoms with Crippen LogP contribution >= 0.6 is 0 Å². The number of sulfonamides is 1. The van der Waals surface area contributed by atoms with Gasteiger partial charge in [0.25, 0.3) is 0 Å². The zero-order chi connectivity index (χ0) is 17.7. The second-order valence-corrected chi connectivity index (χ2v) is 7.51. The number of nitrogens with one attached hydrogen (secondary N) is 1. The van der Waals surface area contributed by atoms with Gasteiger partial charge in [0.05, 0.1) is 4.90 Å². The Bertz CT molecular complexity index is 923. The van der Waals surface area contributed by atoms with E-state index in [1.165, 1.54) is 0 Å². The third-order valence-corrected chi connectivity index (χ3v) is 5.25. The lowest BCUT2D eigenvalue weighted by molar-refractivity contribution is 0.581. The molecule has 0 aliphatic heterocycles. The summed E-state index contributed by atoms with van der Waals surface area (Å²) < 4.78 is 27.1. The Balaban J connectivity index is 1.59. The molecular weight excluding hydrogens is 334 g/mol. The fourth-order valence-electron chi connectivity index (χ4n) is 2.35. The number of hydrogen-bond donors (Lipinski definition) is 1. The van der Waals surface area contributed by atoms with E-state index in [0.717, 1.165) is 16.7 Å². The molecule has 3 aromatic rings. The molecule has 0 aliphatic carbocycles. The van der Waals surface area contributed by atoms with Crippen LogP contribution in [0.3, 0.4) is 0 Å². The van der Waals surface area contributed by atoms with Gasteiger partial charge in [-0.3, -0.25) is 0 Å². The van der Waals surface area contributed by atoms with Crippen molar-refractivity contribution in [2.24, 2.45) is 0 Å². The minimum atomic E-state index is -3.49. The average Bonchev–Trinajstić information content (AvgIpc) is 2.63. The van der Waals surface area contributed by atoms with E-state index in [-0.39, 0.29) is 4.90 Å². The summed E-state index contributed by atoms with van der Waals surface area (Å²) in [5.41, 5.74) is 2.86. The van der Waals surface area contributed by atoms with Crippen molar-refractivity contribution in [1.82, 2.24) is 14.7 Å². The molecule has 1 heterocycles. The molecule has 0 bridgehead atoms. The summed E-state index contributed by atoms with van der Waals surface area (Å²) in [6.07, 6.45) is 3.99. The second-order valence-electron chi connectivity index (χ2n) is 5.74. The monoisotopic (exact) mass is 353 g/mol. The van der Waals surface area contributed by atoms with Crippen molar-refractivity contribution < 1.29 is 8.42 Å². The third-order valence-electron chi connectivity index (χ3n) is 3.77. The first kappa shape index (κ1) is 17.3. The highest BCUT2D eigenvalue weighted by Gasteiger charge is 2.12. The SMILES string of the molecule is Cc1ccc(S(=O)(=O)NCCc2cnc(-c3ccccc3)nc2)cc1. The molecule has 6 heteroatoms. The number of aryl methyl sites for hydroxylation is 1. The quantitative estimate of drug-likeness (QED) is 0.739. The van der Waals surface area contributed by atoms with Crippen LogP contribution in [0.15, 0.2) is 71.9 Å². The normalized spacial score (nSPS) is 11.4. The maximum absolute atomic E-state index is 12.2. The summed E-state index contributed by atoms with van der Waals surface area (Å²) in [5, 5.41) is 0. The van der Waals surface area contributed by atoms with Crippen molar-refractivity contribution >= 4 is 10.0 Å². The van der Waals surface area contributed by atoms with Gasteiger partial charge in [0.2, 0.25) is 10.0 Å². The lowest BCUT2D eigenvalue weighted by atomic mass is 10.2. The predicted molar refractivity (Wildman–Crippen MR) is 97.5 cm³/mol. The molecule has 25 heavy (non-hydrogen) atoms. The van der Waals surface area contributed by atoms with Gasteiger partial charge in [0.15, 0.2) is 5.82 Å². The number of benzene rings is 2. The summed E-state index contributed by atoms with van der Waals surface area (Å²) in [6, 6.07) is 16.5. The molecule has 0 saturated carbocycles. The Hall–Kier alpha value is -2.57. The van der Waals surface area contributed by atoms with E-state index in [4.69, 9.17) is 0 Å². The summed E-state index contributed by atoms with van der Waals surface area (Å²) in [5.74, 6) is 0.657. The van der Waals surface area contributed by atoms with Gasteiger partial charge >= 0.3 is 0 Å². The Morgan fingerprint density at radius 2 is 1.56 bits per heavy atom. The summed E-state index contributed by atoms with van der Waals surface area (Å²) in [7, 11) is -3.49. The van der Waals surface area contributed by atoms with E-state index in [0.29, 0.717) is 18.8 Å². The van der Waals surface area contributed by atoms with Gasteiger partial charge in [0, 0.05) is 24.5 Å². The van der Waals surface area contributed by atoms with Gasteiger partial charge in [-0.05, 0) is 31.0 Å². The lowest BCUT2D eigenvalue weighted by Gasteiger charge is -2.07. The molecule has 0 spiro atoms. The van der Waals surface area contributed by atoms with Crippen LogP contribution in [0.4, 0.5) is 0 Å². The van der Waals surface area contributed by atoms with Crippen molar-refractivity contribution in [2.45, 2.75) is 18.2 Å². The largest absolute Gasteiger partial charge is 0.240 e. The van der Waals surface area contributed by atoms with Gasteiger partial charge in [-0.15, -0.1) is 0 Å². The molecule has 0 saturated heterocycles. The molecule has 2 aromatic carbocycles. The van der Waals surface area contributed by atoms with Crippen molar-refractivity contribution in [2.75, 3.05) is 6.54 Å². The van der Waals surface area contributed by atoms with E-state index in [2.05, 4.69) is 14.7 Å². The first-order valence-corrected chi connectivity index (χ1v) is 9.45. The van der Waals surface area contributed by atoms with Gasteiger partial charge in [-0.1, -0.05) is 48.0 Å². The molecule has 0 unspecified atom stereocenters. The molecule has 0 radical (unpaired) electrons. The molecule has 1 N–H and O–H groups in total. The molecule has 0 atom stereocenters. The van der Waals surface area contributed by atoms with Crippen molar-refractivity contribution in [3.8, 4) is 11.4 Å². The lowest BCUT2D eigenvalue weighted by Crippen LogP contribution is -2.26. The van der Waals surface area contributed by atoms with E-state index < -0.39 is 10.0 Å². The van der Waals surface area contributed by atoms with Gasteiger partial charge < -0.3 is 0 Å². The van der Waals surface area contributed by atoms with E-state index in [9.17, 15) is 8.42 Å². The molecule has 1 aromatic heterocycles. The molecular formula is C19H19N3O2S. The van der Waals surface area contributed by atoms with E-state index >= 15 is 0 Å².